The summed E-state index contributed by atoms with van der Waals surface area (Å²) in [6.07, 6.45) is 2.19. The Balaban J connectivity index is 2.47. The lowest BCUT2D eigenvalue weighted by molar-refractivity contribution is 0.0668. The fraction of sp³-hybridized carbons (Fsp3) is 0.500. The number of aryl methyl sites for hydroxylation is 1. The molecule has 2 aromatic heterocycles. The Hall–Kier alpha value is -1.46. The summed E-state index contributed by atoms with van der Waals surface area (Å²) < 4.78 is 2.01. The average molecular weight is 234 g/mol. The van der Waals surface area contributed by atoms with Crippen molar-refractivity contribution in [1.82, 2.24) is 14.5 Å². The van der Waals surface area contributed by atoms with E-state index in [-0.39, 0.29) is 6.54 Å². The Bertz CT molecular complexity index is 518. The largest absolute Gasteiger partial charge is 0.388 e. The molecule has 0 aliphatic rings. The van der Waals surface area contributed by atoms with Crippen molar-refractivity contribution in [3.8, 4) is 0 Å². The van der Waals surface area contributed by atoms with Gasteiger partial charge < -0.3 is 15.4 Å². The van der Waals surface area contributed by atoms with Crippen molar-refractivity contribution in [3.63, 3.8) is 0 Å². The standard InChI is InChI=1S/C12H18N4O/c1-3-16-10(7-12(2,17)8-13)15-9-5-4-6-14-11(9)16/h4-6,17H,3,7-8,13H2,1-2H3. The summed E-state index contributed by atoms with van der Waals surface area (Å²) in [6, 6.07) is 3.79. The predicted octanol–water partition coefficient (Wildman–Crippen LogP) is 0.703. The van der Waals surface area contributed by atoms with Crippen LogP contribution in [0.4, 0.5) is 0 Å². The fourth-order valence-corrected chi connectivity index (χ4v) is 1.89. The van der Waals surface area contributed by atoms with E-state index in [0.29, 0.717) is 6.42 Å². The van der Waals surface area contributed by atoms with Crippen LogP contribution in [0.3, 0.4) is 0 Å². The van der Waals surface area contributed by atoms with Gasteiger partial charge in [0.1, 0.15) is 11.3 Å². The summed E-state index contributed by atoms with van der Waals surface area (Å²) in [6.45, 7) is 4.76. The van der Waals surface area contributed by atoms with Gasteiger partial charge in [0.2, 0.25) is 0 Å². The zero-order valence-corrected chi connectivity index (χ0v) is 10.2. The van der Waals surface area contributed by atoms with E-state index in [4.69, 9.17) is 5.73 Å². The molecule has 0 radical (unpaired) electrons. The number of nitrogens with zero attached hydrogens (tertiary/aromatic N) is 3. The normalized spacial score (nSPS) is 15.1. The number of pyridine rings is 1. The van der Waals surface area contributed by atoms with Crippen LogP contribution in [-0.2, 0) is 13.0 Å². The molecule has 0 aliphatic carbocycles. The number of aliphatic hydroxyl groups is 1. The summed E-state index contributed by atoms with van der Waals surface area (Å²) in [5.41, 5.74) is 6.33. The molecule has 17 heavy (non-hydrogen) atoms. The molecule has 92 valence electrons. The minimum Gasteiger partial charge on any atom is -0.388 e. The third kappa shape index (κ3) is 2.30. The molecule has 2 aromatic rings. The molecule has 5 nitrogen and oxygen atoms in total. The van der Waals surface area contributed by atoms with Gasteiger partial charge in [-0.25, -0.2) is 9.97 Å². The number of nitrogens with two attached hydrogens (primary N) is 1. The Morgan fingerprint density at radius 2 is 2.29 bits per heavy atom. The minimum absolute atomic E-state index is 0.216. The maximum Gasteiger partial charge on any atom is 0.159 e. The maximum atomic E-state index is 10.0. The van der Waals surface area contributed by atoms with Crippen LogP contribution in [0, 0.1) is 0 Å². The van der Waals surface area contributed by atoms with Crippen LogP contribution < -0.4 is 5.73 Å². The van der Waals surface area contributed by atoms with E-state index in [1.54, 1.807) is 13.1 Å². The monoisotopic (exact) mass is 234 g/mol. The zero-order valence-electron chi connectivity index (χ0n) is 10.2. The lowest BCUT2D eigenvalue weighted by atomic mass is 10.0. The van der Waals surface area contributed by atoms with Crippen molar-refractivity contribution >= 4 is 11.2 Å². The van der Waals surface area contributed by atoms with Crippen molar-refractivity contribution in [2.75, 3.05) is 6.54 Å². The average Bonchev–Trinajstić information content (AvgIpc) is 2.65. The zero-order chi connectivity index (χ0) is 12.5. The smallest absolute Gasteiger partial charge is 0.159 e. The van der Waals surface area contributed by atoms with Gasteiger partial charge in [-0.1, -0.05) is 0 Å². The quantitative estimate of drug-likeness (QED) is 0.816. The fourth-order valence-electron chi connectivity index (χ4n) is 1.89. The maximum absolute atomic E-state index is 10.0. The van der Waals surface area contributed by atoms with Gasteiger partial charge in [-0.05, 0) is 26.0 Å². The highest BCUT2D eigenvalue weighted by atomic mass is 16.3. The van der Waals surface area contributed by atoms with Gasteiger partial charge in [-0.3, -0.25) is 0 Å². The van der Waals surface area contributed by atoms with E-state index in [2.05, 4.69) is 9.97 Å². The van der Waals surface area contributed by atoms with Crippen molar-refractivity contribution in [3.05, 3.63) is 24.2 Å². The van der Waals surface area contributed by atoms with Crippen LogP contribution in [0.5, 0.6) is 0 Å². The molecule has 2 heterocycles. The molecule has 3 N–H and O–H groups in total. The first-order valence-corrected chi connectivity index (χ1v) is 5.80. The Morgan fingerprint density at radius 1 is 1.53 bits per heavy atom. The minimum atomic E-state index is -0.922. The molecule has 1 atom stereocenters. The summed E-state index contributed by atoms with van der Waals surface area (Å²) >= 11 is 0. The van der Waals surface area contributed by atoms with Gasteiger partial charge in [0.25, 0.3) is 0 Å². The van der Waals surface area contributed by atoms with E-state index < -0.39 is 5.60 Å². The number of hydrogen-bond donors (Lipinski definition) is 2. The van der Waals surface area contributed by atoms with Crippen LogP contribution in [0.15, 0.2) is 18.3 Å². The molecular formula is C12H18N4O. The number of rotatable bonds is 4. The molecule has 1 unspecified atom stereocenters. The summed E-state index contributed by atoms with van der Waals surface area (Å²) in [5.74, 6) is 0.830. The van der Waals surface area contributed by atoms with Crippen LogP contribution in [0.2, 0.25) is 0 Å². The summed E-state index contributed by atoms with van der Waals surface area (Å²) in [5, 5.41) is 10.0. The van der Waals surface area contributed by atoms with Crippen molar-refractivity contribution < 1.29 is 5.11 Å². The Labute approximate surface area is 100 Å². The van der Waals surface area contributed by atoms with Crippen molar-refractivity contribution in [2.24, 2.45) is 5.73 Å². The molecule has 0 fully saturated rings. The summed E-state index contributed by atoms with van der Waals surface area (Å²) in [7, 11) is 0. The molecular weight excluding hydrogens is 216 g/mol. The molecule has 0 saturated carbocycles. The van der Waals surface area contributed by atoms with Gasteiger partial charge in [-0.2, -0.15) is 0 Å². The summed E-state index contributed by atoms with van der Waals surface area (Å²) in [4.78, 5) is 8.82. The molecule has 0 bridgehead atoms. The highest BCUT2D eigenvalue weighted by molar-refractivity contribution is 5.71. The third-order valence-corrected chi connectivity index (χ3v) is 2.88. The van der Waals surface area contributed by atoms with E-state index in [1.807, 2.05) is 23.6 Å². The highest BCUT2D eigenvalue weighted by Gasteiger charge is 2.22. The first kappa shape index (κ1) is 12.0. The Kier molecular flexibility index (Phi) is 3.13. The van der Waals surface area contributed by atoms with Gasteiger partial charge in [-0.15, -0.1) is 0 Å². The first-order chi connectivity index (χ1) is 8.07. The van der Waals surface area contributed by atoms with Gasteiger partial charge in [0.05, 0.1) is 5.60 Å². The SMILES string of the molecule is CCn1c(CC(C)(O)CN)nc2cccnc21. The molecule has 0 aliphatic heterocycles. The second-order valence-electron chi connectivity index (χ2n) is 4.50. The topological polar surface area (TPSA) is 77.0 Å². The van der Waals surface area contributed by atoms with Crippen molar-refractivity contribution in [1.29, 1.82) is 0 Å². The van der Waals surface area contributed by atoms with Crippen molar-refractivity contribution in [2.45, 2.75) is 32.4 Å². The number of fused-ring (bicyclic) bond motifs is 1. The molecule has 0 spiro atoms. The number of imidazole rings is 1. The van der Waals surface area contributed by atoms with E-state index in [9.17, 15) is 5.11 Å². The highest BCUT2D eigenvalue weighted by Crippen LogP contribution is 2.17. The molecule has 0 saturated heterocycles. The van der Waals surface area contributed by atoms with Gasteiger partial charge in [0.15, 0.2) is 5.65 Å². The first-order valence-electron chi connectivity index (χ1n) is 5.80. The van der Waals surface area contributed by atoms with E-state index in [0.717, 1.165) is 23.5 Å². The lowest BCUT2D eigenvalue weighted by Gasteiger charge is -2.20. The second-order valence-corrected chi connectivity index (χ2v) is 4.50. The van der Waals surface area contributed by atoms with Crippen LogP contribution in [-0.4, -0.2) is 31.8 Å². The molecule has 0 aromatic carbocycles. The lowest BCUT2D eigenvalue weighted by Crippen LogP contribution is -2.37. The second kappa shape index (κ2) is 4.43. The number of aromatic nitrogens is 3. The van der Waals surface area contributed by atoms with E-state index >= 15 is 0 Å². The predicted molar refractivity (Wildman–Crippen MR) is 66.6 cm³/mol. The van der Waals surface area contributed by atoms with Crippen LogP contribution in [0.1, 0.15) is 19.7 Å². The van der Waals surface area contributed by atoms with Crippen LogP contribution >= 0.6 is 0 Å². The molecule has 0 amide bonds. The molecule has 2 rings (SSSR count). The number of hydrogen-bond acceptors (Lipinski definition) is 4. The molecule has 5 heteroatoms. The van der Waals surface area contributed by atoms with Gasteiger partial charge >= 0.3 is 0 Å². The Morgan fingerprint density at radius 3 is 2.94 bits per heavy atom. The van der Waals surface area contributed by atoms with E-state index in [1.165, 1.54) is 0 Å². The third-order valence-electron chi connectivity index (χ3n) is 2.88. The van der Waals surface area contributed by atoms with Crippen LogP contribution in [0.25, 0.3) is 11.2 Å². The van der Waals surface area contributed by atoms with Gasteiger partial charge in [0, 0.05) is 25.7 Å².